The summed E-state index contributed by atoms with van der Waals surface area (Å²) < 4.78 is 1.84. The molecule has 1 aromatic heterocycles. The van der Waals surface area contributed by atoms with Crippen molar-refractivity contribution < 1.29 is 5.11 Å². The molecule has 80 valence electrons. The van der Waals surface area contributed by atoms with Crippen molar-refractivity contribution in [3.8, 4) is 5.75 Å². The van der Waals surface area contributed by atoms with E-state index in [2.05, 4.69) is 10.4 Å². The summed E-state index contributed by atoms with van der Waals surface area (Å²) in [5.41, 5.74) is 1.83. The maximum absolute atomic E-state index is 9.64. The molecule has 4 nitrogen and oxygen atoms in total. The van der Waals surface area contributed by atoms with Gasteiger partial charge in [-0.15, -0.1) is 0 Å². The van der Waals surface area contributed by atoms with Gasteiger partial charge in [0.2, 0.25) is 0 Å². The van der Waals surface area contributed by atoms with Crippen molar-refractivity contribution in [2.24, 2.45) is 7.05 Å². The number of rotatable bonds is 3. The maximum atomic E-state index is 9.64. The van der Waals surface area contributed by atoms with Crippen LogP contribution in [0.25, 0.3) is 10.9 Å². The van der Waals surface area contributed by atoms with Gasteiger partial charge < -0.3 is 10.4 Å². The van der Waals surface area contributed by atoms with Gasteiger partial charge in [-0.3, -0.25) is 4.68 Å². The first-order valence-electron chi connectivity index (χ1n) is 5.02. The van der Waals surface area contributed by atoms with E-state index in [1.165, 1.54) is 0 Å². The zero-order chi connectivity index (χ0) is 10.8. The highest BCUT2D eigenvalue weighted by Crippen LogP contribution is 2.25. The van der Waals surface area contributed by atoms with E-state index >= 15 is 0 Å². The molecule has 0 aliphatic heterocycles. The molecule has 4 heteroatoms. The first kappa shape index (κ1) is 9.98. The second-order valence-corrected chi connectivity index (χ2v) is 3.60. The Balaban J connectivity index is 2.53. The van der Waals surface area contributed by atoms with Crippen LogP contribution >= 0.6 is 0 Å². The van der Waals surface area contributed by atoms with Gasteiger partial charge in [0.15, 0.2) is 0 Å². The smallest absolute Gasteiger partial charge is 0.143 e. The molecule has 2 rings (SSSR count). The largest absolute Gasteiger partial charge is 0.506 e. The number of hydrogen-bond donors (Lipinski definition) is 2. The van der Waals surface area contributed by atoms with Crippen molar-refractivity contribution in [1.29, 1.82) is 0 Å². The lowest BCUT2D eigenvalue weighted by molar-refractivity contribution is 0.479. The average Bonchev–Trinajstić information content (AvgIpc) is 2.54. The Kier molecular flexibility index (Phi) is 2.60. The van der Waals surface area contributed by atoms with E-state index < -0.39 is 0 Å². The zero-order valence-electron chi connectivity index (χ0n) is 8.99. The van der Waals surface area contributed by atoms with E-state index in [9.17, 15) is 5.11 Å². The van der Waals surface area contributed by atoms with Crippen LogP contribution in [-0.4, -0.2) is 28.5 Å². The molecule has 15 heavy (non-hydrogen) atoms. The quantitative estimate of drug-likeness (QED) is 0.787. The van der Waals surface area contributed by atoms with Crippen molar-refractivity contribution in [3.05, 3.63) is 23.9 Å². The second kappa shape index (κ2) is 3.90. The van der Waals surface area contributed by atoms with Gasteiger partial charge in [0.1, 0.15) is 11.3 Å². The third-order valence-corrected chi connectivity index (χ3v) is 2.58. The number of nitrogens with zero attached hydrogens (tertiary/aromatic N) is 2. The van der Waals surface area contributed by atoms with Gasteiger partial charge in [-0.25, -0.2) is 0 Å². The Hall–Kier alpha value is -1.55. The molecule has 2 aromatic rings. The van der Waals surface area contributed by atoms with Gasteiger partial charge in [0, 0.05) is 31.1 Å². The summed E-state index contributed by atoms with van der Waals surface area (Å²) in [5.74, 6) is 0.249. The molecule has 0 atom stereocenters. The summed E-state index contributed by atoms with van der Waals surface area (Å²) in [6.45, 7) is 0.907. The SMILES string of the molecule is CNCCc1c2cccc(O)c2nn1C. The molecule has 0 saturated carbocycles. The molecular formula is C11H15N3O. The number of nitrogens with one attached hydrogen (secondary N) is 1. The normalized spacial score (nSPS) is 11.1. The number of hydrogen-bond acceptors (Lipinski definition) is 3. The van der Waals surface area contributed by atoms with Crippen LogP contribution in [0.1, 0.15) is 5.69 Å². The summed E-state index contributed by atoms with van der Waals surface area (Å²) in [7, 11) is 3.83. The maximum Gasteiger partial charge on any atom is 0.143 e. The van der Waals surface area contributed by atoms with Crippen molar-refractivity contribution in [2.45, 2.75) is 6.42 Å². The molecule has 0 amide bonds. The number of fused-ring (bicyclic) bond motifs is 1. The van der Waals surface area contributed by atoms with Crippen LogP contribution in [0.4, 0.5) is 0 Å². The summed E-state index contributed by atoms with van der Waals surface area (Å²) >= 11 is 0. The molecule has 0 bridgehead atoms. The predicted octanol–water partition coefficient (Wildman–Crippen LogP) is 1.04. The molecule has 0 saturated heterocycles. The number of aromatic nitrogens is 2. The average molecular weight is 205 g/mol. The highest BCUT2D eigenvalue weighted by Gasteiger charge is 2.10. The predicted molar refractivity (Wildman–Crippen MR) is 60.0 cm³/mol. The minimum Gasteiger partial charge on any atom is -0.506 e. The summed E-state index contributed by atoms with van der Waals surface area (Å²) in [4.78, 5) is 0. The highest BCUT2D eigenvalue weighted by molar-refractivity contribution is 5.86. The molecule has 0 aliphatic carbocycles. The molecule has 0 unspecified atom stereocenters. The number of likely N-dealkylation sites (N-methyl/N-ethyl adjacent to an activating group) is 1. The van der Waals surface area contributed by atoms with E-state index in [0.29, 0.717) is 5.52 Å². The summed E-state index contributed by atoms with van der Waals surface area (Å²) in [6, 6.07) is 5.51. The van der Waals surface area contributed by atoms with Crippen molar-refractivity contribution >= 4 is 10.9 Å². The van der Waals surface area contributed by atoms with Crippen LogP contribution < -0.4 is 5.32 Å². The lowest BCUT2D eigenvalue weighted by atomic mass is 10.1. The van der Waals surface area contributed by atoms with Crippen molar-refractivity contribution in [2.75, 3.05) is 13.6 Å². The Bertz CT molecular complexity index is 476. The number of benzene rings is 1. The number of phenols is 1. The Morgan fingerprint density at radius 3 is 3.00 bits per heavy atom. The van der Waals surface area contributed by atoms with Crippen LogP contribution in [0.5, 0.6) is 5.75 Å². The first-order chi connectivity index (χ1) is 7.24. The van der Waals surface area contributed by atoms with Crippen LogP contribution in [0.2, 0.25) is 0 Å². The Morgan fingerprint density at radius 2 is 2.27 bits per heavy atom. The van der Waals surface area contributed by atoms with Gasteiger partial charge in [-0.1, -0.05) is 12.1 Å². The molecular weight excluding hydrogens is 190 g/mol. The van der Waals surface area contributed by atoms with E-state index in [0.717, 1.165) is 24.0 Å². The molecule has 1 aromatic carbocycles. The van der Waals surface area contributed by atoms with Crippen molar-refractivity contribution in [3.63, 3.8) is 0 Å². The van der Waals surface area contributed by atoms with Crippen LogP contribution in [0.3, 0.4) is 0 Å². The lowest BCUT2D eigenvalue weighted by Gasteiger charge is -2.01. The number of phenolic OH excluding ortho intramolecular Hbond substituents is 1. The number of aryl methyl sites for hydroxylation is 1. The monoisotopic (exact) mass is 205 g/mol. The van der Waals surface area contributed by atoms with Gasteiger partial charge >= 0.3 is 0 Å². The van der Waals surface area contributed by atoms with E-state index in [4.69, 9.17) is 0 Å². The Morgan fingerprint density at radius 1 is 1.47 bits per heavy atom. The van der Waals surface area contributed by atoms with Gasteiger partial charge in [0.05, 0.1) is 0 Å². The minimum atomic E-state index is 0.249. The first-order valence-corrected chi connectivity index (χ1v) is 5.02. The fraction of sp³-hybridized carbons (Fsp3) is 0.364. The zero-order valence-corrected chi connectivity index (χ0v) is 8.99. The highest BCUT2D eigenvalue weighted by atomic mass is 16.3. The van der Waals surface area contributed by atoms with Crippen LogP contribution in [0, 0.1) is 0 Å². The standard InChI is InChI=1S/C11H15N3O/c1-12-7-6-9-8-4-3-5-10(15)11(8)13-14(9)2/h3-5,12,15H,6-7H2,1-2H3. The summed E-state index contributed by atoms with van der Waals surface area (Å²) in [6.07, 6.45) is 0.910. The third-order valence-electron chi connectivity index (χ3n) is 2.58. The summed E-state index contributed by atoms with van der Waals surface area (Å²) in [5, 5.41) is 18.1. The van der Waals surface area contributed by atoms with Gasteiger partial charge in [0.25, 0.3) is 0 Å². The molecule has 0 radical (unpaired) electrons. The van der Waals surface area contributed by atoms with E-state index in [1.807, 2.05) is 30.9 Å². The van der Waals surface area contributed by atoms with E-state index in [1.54, 1.807) is 6.07 Å². The minimum absolute atomic E-state index is 0.249. The second-order valence-electron chi connectivity index (χ2n) is 3.60. The van der Waals surface area contributed by atoms with Gasteiger partial charge in [-0.2, -0.15) is 5.10 Å². The molecule has 1 heterocycles. The van der Waals surface area contributed by atoms with Crippen molar-refractivity contribution in [1.82, 2.24) is 15.1 Å². The molecule has 0 aliphatic rings. The number of aromatic hydroxyl groups is 1. The Labute approximate surface area is 88.5 Å². The van der Waals surface area contributed by atoms with Crippen LogP contribution in [-0.2, 0) is 13.5 Å². The topological polar surface area (TPSA) is 50.1 Å². The fourth-order valence-corrected chi connectivity index (χ4v) is 1.79. The molecule has 2 N–H and O–H groups in total. The third kappa shape index (κ3) is 1.68. The van der Waals surface area contributed by atoms with Crippen LogP contribution in [0.15, 0.2) is 18.2 Å². The molecule has 0 spiro atoms. The lowest BCUT2D eigenvalue weighted by Crippen LogP contribution is -2.12. The van der Waals surface area contributed by atoms with E-state index in [-0.39, 0.29) is 5.75 Å². The fourth-order valence-electron chi connectivity index (χ4n) is 1.79. The van der Waals surface area contributed by atoms with Gasteiger partial charge in [-0.05, 0) is 13.1 Å². The molecule has 0 fully saturated rings.